The molecule has 7 heteroatoms. The van der Waals surface area contributed by atoms with Gasteiger partial charge in [0.15, 0.2) is 10.6 Å². The molecule has 0 amide bonds. The predicted molar refractivity (Wildman–Crippen MR) is 114 cm³/mol. The molecule has 0 saturated carbocycles. The van der Waals surface area contributed by atoms with Crippen molar-refractivity contribution in [3.63, 3.8) is 0 Å². The molecule has 0 radical (unpaired) electrons. The summed E-state index contributed by atoms with van der Waals surface area (Å²) in [6.45, 7) is 5.05. The number of hydrogen-bond donors (Lipinski definition) is 1. The summed E-state index contributed by atoms with van der Waals surface area (Å²) in [4.78, 5) is 4.79. The van der Waals surface area contributed by atoms with Crippen LogP contribution in [0.1, 0.15) is 0 Å². The Morgan fingerprint density at radius 1 is 0.893 bits per heavy atom. The third kappa shape index (κ3) is 4.01. The summed E-state index contributed by atoms with van der Waals surface area (Å²) in [5.41, 5.74) is 2.28. The van der Waals surface area contributed by atoms with Crippen LogP contribution < -0.4 is 4.90 Å². The van der Waals surface area contributed by atoms with Gasteiger partial charge in [-0.3, -0.25) is 9.47 Å². The highest BCUT2D eigenvalue weighted by molar-refractivity contribution is 7.71. The lowest BCUT2D eigenvalue weighted by Crippen LogP contribution is -2.47. The highest BCUT2D eigenvalue weighted by Gasteiger charge is 2.19. The molecule has 2 heterocycles. The molecular weight excluding hydrogens is 370 g/mol. The number of aliphatic hydroxyl groups is 1. The van der Waals surface area contributed by atoms with E-state index < -0.39 is 0 Å². The summed E-state index contributed by atoms with van der Waals surface area (Å²) >= 11 is 5.66. The number of nitrogens with zero attached hydrogens (tertiary/aromatic N) is 5. The normalized spacial score (nSPS) is 15.1. The van der Waals surface area contributed by atoms with E-state index >= 15 is 0 Å². The Bertz CT molecular complexity index is 946. The summed E-state index contributed by atoms with van der Waals surface area (Å²) in [6, 6.07) is 20.5. The van der Waals surface area contributed by atoms with Gasteiger partial charge in [-0.2, -0.15) is 5.10 Å². The maximum atomic E-state index is 9.46. The fourth-order valence-corrected chi connectivity index (χ4v) is 3.89. The second kappa shape index (κ2) is 8.68. The number of aliphatic hydroxyl groups excluding tert-OH is 1. The van der Waals surface area contributed by atoms with Crippen LogP contribution in [0.3, 0.4) is 0 Å². The van der Waals surface area contributed by atoms with Crippen LogP contribution in [0.15, 0.2) is 60.7 Å². The lowest BCUT2D eigenvalue weighted by Gasteiger charge is -2.35. The van der Waals surface area contributed by atoms with Crippen LogP contribution in [0.4, 0.5) is 5.69 Å². The van der Waals surface area contributed by atoms with E-state index in [2.05, 4.69) is 40.1 Å². The summed E-state index contributed by atoms with van der Waals surface area (Å²) in [5.74, 6) is 0.808. The van der Waals surface area contributed by atoms with Gasteiger partial charge >= 0.3 is 0 Å². The maximum Gasteiger partial charge on any atom is 0.199 e. The van der Waals surface area contributed by atoms with Crippen molar-refractivity contribution in [2.45, 2.75) is 13.2 Å². The third-order valence-corrected chi connectivity index (χ3v) is 5.54. The van der Waals surface area contributed by atoms with Crippen molar-refractivity contribution < 1.29 is 5.11 Å². The molecule has 0 aliphatic carbocycles. The molecule has 2 aromatic carbocycles. The molecule has 4 rings (SSSR count). The molecule has 0 atom stereocenters. The van der Waals surface area contributed by atoms with Crippen molar-refractivity contribution in [3.05, 3.63) is 65.4 Å². The topological polar surface area (TPSA) is 49.5 Å². The lowest BCUT2D eigenvalue weighted by atomic mass is 10.2. The van der Waals surface area contributed by atoms with Gasteiger partial charge in [0.25, 0.3) is 0 Å². The van der Waals surface area contributed by atoms with Crippen molar-refractivity contribution in [1.29, 1.82) is 0 Å². The number of hydrogen-bond acceptors (Lipinski definition) is 5. The molecule has 146 valence electrons. The second-order valence-electron chi connectivity index (χ2n) is 6.93. The minimum absolute atomic E-state index is 0.0373. The summed E-state index contributed by atoms with van der Waals surface area (Å²) in [7, 11) is 0. The Hall–Kier alpha value is -2.48. The highest BCUT2D eigenvalue weighted by Crippen LogP contribution is 2.19. The zero-order valence-electron chi connectivity index (χ0n) is 15.8. The second-order valence-corrected chi connectivity index (χ2v) is 7.29. The minimum atomic E-state index is 0.0373. The number of rotatable bonds is 6. The predicted octanol–water partition coefficient (Wildman–Crippen LogP) is 2.85. The quantitative estimate of drug-likeness (QED) is 0.651. The van der Waals surface area contributed by atoms with E-state index in [4.69, 9.17) is 17.3 Å². The van der Waals surface area contributed by atoms with Gasteiger partial charge in [-0.05, 0) is 24.4 Å². The lowest BCUT2D eigenvalue weighted by molar-refractivity contribution is 0.193. The van der Waals surface area contributed by atoms with E-state index in [9.17, 15) is 5.11 Å². The Morgan fingerprint density at radius 2 is 1.54 bits per heavy atom. The average Bonchev–Trinajstić information content (AvgIpc) is 3.06. The van der Waals surface area contributed by atoms with Gasteiger partial charge < -0.3 is 10.0 Å². The summed E-state index contributed by atoms with van der Waals surface area (Å²) < 4.78 is 4.45. The van der Waals surface area contributed by atoms with E-state index in [1.807, 2.05) is 39.6 Å². The van der Waals surface area contributed by atoms with Gasteiger partial charge in [0, 0.05) is 37.4 Å². The van der Waals surface area contributed by atoms with Crippen LogP contribution in [-0.4, -0.2) is 57.1 Å². The molecule has 1 fully saturated rings. The van der Waals surface area contributed by atoms with Gasteiger partial charge in [-0.25, -0.2) is 4.68 Å². The first-order valence-corrected chi connectivity index (χ1v) is 10.0. The smallest absolute Gasteiger partial charge is 0.199 e. The first-order chi connectivity index (χ1) is 13.8. The summed E-state index contributed by atoms with van der Waals surface area (Å²) in [5, 5.41) is 14.2. The van der Waals surface area contributed by atoms with Crippen LogP contribution in [0.25, 0.3) is 11.4 Å². The fourth-order valence-electron chi connectivity index (χ4n) is 3.61. The molecule has 0 unspecified atom stereocenters. The largest absolute Gasteiger partial charge is 0.395 e. The van der Waals surface area contributed by atoms with E-state index in [0.717, 1.165) is 37.6 Å². The van der Waals surface area contributed by atoms with Gasteiger partial charge in [-0.15, -0.1) is 0 Å². The standard InChI is InChI=1S/C21H25N5OS/c27-16-15-25-20(18-7-3-1-4-8-18)22-26(21(25)28)17-23-11-13-24(14-12-23)19-9-5-2-6-10-19/h1-10,27H,11-17H2. The first kappa shape index (κ1) is 18.9. The van der Waals surface area contributed by atoms with Gasteiger partial charge in [0.1, 0.15) is 0 Å². The SMILES string of the molecule is OCCn1c(-c2ccccc2)nn(CN2CCN(c3ccccc3)CC2)c1=S. The van der Waals surface area contributed by atoms with E-state index in [1.54, 1.807) is 0 Å². The van der Waals surface area contributed by atoms with Crippen LogP contribution >= 0.6 is 12.2 Å². The zero-order chi connectivity index (χ0) is 19.3. The minimum Gasteiger partial charge on any atom is -0.395 e. The summed E-state index contributed by atoms with van der Waals surface area (Å²) in [6.07, 6.45) is 0. The van der Waals surface area contributed by atoms with Crippen molar-refractivity contribution in [2.75, 3.05) is 37.7 Å². The van der Waals surface area contributed by atoms with Crippen LogP contribution in [0, 0.1) is 4.77 Å². The average molecular weight is 396 g/mol. The van der Waals surface area contributed by atoms with Crippen LogP contribution in [0.5, 0.6) is 0 Å². The monoisotopic (exact) mass is 395 g/mol. The number of para-hydroxylation sites is 1. The zero-order valence-corrected chi connectivity index (χ0v) is 16.6. The number of benzene rings is 2. The number of anilines is 1. The molecular formula is C21H25N5OS. The van der Waals surface area contributed by atoms with E-state index in [1.165, 1.54) is 5.69 Å². The van der Waals surface area contributed by atoms with E-state index in [-0.39, 0.29) is 6.61 Å². The fraction of sp³-hybridized carbons (Fsp3) is 0.333. The third-order valence-electron chi connectivity index (χ3n) is 5.11. The van der Waals surface area contributed by atoms with Crippen LogP contribution in [-0.2, 0) is 13.2 Å². The molecule has 3 aromatic rings. The van der Waals surface area contributed by atoms with Crippen molar-refractivity contribution in [3.8, 4) is 11.4 Å². The molecule has 1 aliphatic heterocycles. The van der Waals surface area contributed by atoms with Crippen molar-refractivity contribution in [1.82, 2.24) is 19.2 Å². The Kier molecular flexibility index (Phi) is 5.85. The van der Waals surface area contributed by atoms with Gasteiger partial charge in [-0.1, -0.05) is 48.5 Å². The molecule has 1 N–H and O–H groups in total. The van der Waals surface area contributed by atoms with Crippen molar-refractivity contribution >= 4 is 17.9 Å². The Balaban J connectivity index is 1.49. The molecule has 1 aliphatic rings. The van der Waals surface area contributed by atoms with Crippen LogP contribution in [0.2, 0.25) is 0 Å². The molecule has 0 bridgehead atoms. The Morgan fingerprint density at radius 3 is 2.18 bits per heavy atom. The molecule has 6 nitrogen and oxygen atoms in total. The first-order valence-electron chi connectivity index (χ1n) is 9.62. The van der Waals surface area contributed by atoms with E-state index in [0.29, 0.717) is 18.0 Å². The number of aromatic nitrogens is 3. The van der Waals surface area contributed by atoms with Gasteiger partial charge in [0.2, 0.25) is 0 Å². The highest BCUT2D eigenvalue weighted by atomic mass is 32.1. The van der Waals surface area contributed by atoms with Crippen molar-refractivity contribution in [2.24, 2.45) is 0 Å². The molecule has 0 spiro atoms. The molecule has 1 aromatic heterocycles. The number of piperazine rings is 1. The Labute approximate surface area is 170 Å². The molecule has 1 saturated heterocycles. The maximum absolute atomic E-state index is 9.46. The molecule has 28 heavy (non-hydrogen) atoms. The van der Waals surface area contributed by atoms with Gasteiger partial charge in [0.05, 0.1) is 19.8 Å².